The van der Waals surface area contributed by atoms with Gasteiger partial charge in [0.2, 0.25) is 0 Å². The number of para-hydroxylation sites is 1. The SMILES string of the molecule is CCc1ccccc1-n1[nH]c(C)c(Br)c1=O. The molecule has 0 unspecified atom stereocenters. The number of hydrogen-bond donors (Lipinski definition) is 1. The number of rotatable bonds is 2. The summed E-state index contributed by atoms with van der Waals surface area (Å²) in [5, 5.41) is 3.06. The van der Waals surface area contributed by atoms with Crippen LogP contribution >= 0.6 is 15.9 Å². The molecule has 84 valence electrons. The lowest BCUT2D eigenvalue weighted by Gasteiger charge is -2.07. The molecule has 2 rings (SSSR count). The van der Waals surface area contributed by atoms with Crippen LogP contribution < -0.4 is 5.56 Å². The van der Waals surface area contributed by atoms with Crippen LogP contribution in [0.25, 0.3) is 5.69 Å². The maximum absolute atomic E-state index is 11.9. The summed E-state index contributed by atoms with van der Waals surface area (Å²) >= 11 is 3.28. The summed E-state index contributed by atoms with van der Waals surface area (Å²) in [6, 6.07) is 7.90. The maximum atomic E-state index is 11.9. The highest BCUT2D eigenvalue weighted by Gasteiger charge is 2.11. The van der Waals surface area contributed by atoms with Crippen molar-refractivity contribution in [3.8, 4) is 5.69 Å². The molecule has 0 saturated heterocycles. The van der Waals surface area contributed by atoms with E-state index in [-0.39, 0.29) is 5.56 Å². The zero-order valence-corrected chi connectivity index (χ0v) is 10.8. The van der Waals surface area contributed by atoms with Crippen molar-refractivity contribution in [3.05, 3.63) is 50.3 Å². The molecule has 3 nitrogen and oxygen atoms in total. The first-order valence-corrected chi connectivity index (χ1v) is 5.99. The van der Waals surface area contributed by atoms with Gasteiger partial charge >= 0.3 is 0 Å². The van der Waals surface area contributed by atoms with Crippen LogP contribution in [0.5, 0.6) is 0 Å². The lowest BCUT2D eigenvalue weighted by atomic mass is 10.1. The zero-order chi connectivity index (χ0) is 11.7. The fraction of sp³-hybridized carbons (Fsp3) is 0.250. The van der Waals surface area contributed by atoms with E-state index in [1.54, 1.807) is 4.68 Å². The Morgan fingerprint density at radius 1 is 1.38 bits per heavy atom. The highest BCUT2D eigenvalue weighted by molar-refractivity contribution is 9.10. The number of hydrogen-bond acceptors (Lipinski definition) is 1. The average molecular weight is 281 g/mol. The molecule has 1 N–H and O–H groups in total. The van der Waals surface area contributed by atoms with Crippen LogP contribution in [-0.2, 0) is 6.42 Å². The molecule has 0 bridgehead atoms. The Bertz CT molecular complexity index is 569. The van der Waals surface area contributed by atoms with E-state index in [1.807, 2.05) is 31.2 Å². The molecule has 0 fully saturated rings. The molecule has 2 aromatic rings. The fourth-order valence-electron chi connectivity index (χ4n) is 1.72. The van der Waals surface area contributed by atoms with Crippen molar-refractivity contribution in [2.45, 2.75) is 20.3 Å². The zero-order valence-electron chi connectivity index (χ0n) is 9.25. The van der Waals surface area contributed by atoms with Crippen LogP contribution in [0.3, 0.4) is 0 Å². The van der Waals surface area contributed by atoms with Crippen LogP contribution in [0.1, 0.15) is 18.2 Å². The Kier molecular flexibility index (Phi) is 3.01. The second kappa shape index (κ2) is 4.29. The molecule has 16 heavy (non-hydrogen) atoms. The van der Waals surface area contributed by atoms with Gasteiger partial charge in [0.25, 0.3) is 5.56 Å². The van der Waals surface area contributed by atoms with Gasteiger partial charge in [-0.2, -0.15) is 0 Å². The molecule has 0 radical (unpaired) electrons. The number of aromatic nitrogens is 2. The first kappa shape index (κ1) is 11.2. The smallest absolute Gasteiger partial charge is 0.285 e. The monoisotopic (exact) mass is 280 g/mol. The van der Waals surface area contributed by atoms with Gasteiger partial charge in [-0.15, -0.1) is 0 Å². The number of nitrogens with zero attached hydrogens (tertiary/aromatic N) is 1. The van der Waals surface area contributed by atoms with E-state index in [9.17, 15) is 4.79 Å². The maximum Gasteiger partial charge on any atom is 0.285 e. The van der Waals surface area contributed by atoms with Gasteiger partial charge in [0.1, 0.15) is 4.47 Å². The first-order valence-electron chi connectivity index (χ1n) is 5.20. The number of aryl methyl sites for hydroxylation is 2. The summed E-state index contributed by atoms with van der Waals surface area (Å²) in [5.41, 5.74) is 2.87. The average Bonchev–Trinajstić information content (AvgIpc) is 2.57. The third-order valence-electron chi connectivity index (χ3n) is 2.61. The molecule has 4 heteroatoms. The van der Waals surface area contributed by atoms with Crippen LogP contribution in [-0.4, -0.2) is 9.78 Å². The Hall–Kier alpha value is -1.29. The molecule has 0 aliphatic carbocycles. The lowest BCUT2D eigenvalue weighted by Crippen LogP contribution is -2.16. The molecular formula is C12H13BrN2O. The van der Waals surface area contributed by atoms with E-state index >= 15 is 0 Å². The quantitative estimate of drug-likeness (QED) is 0.903. The van der Waals surface area contributed by atoms with Crippen molar-refractivity contribution < 1.29 is 0 Å². The number of H-pyrrole nitrogens is 1. The van der Waals surface area contributed by atoms with E-state index in [0.717, 1.165) is 23.4 Å². The van der Waals surface area contributed by atoms with E-state index in [1.165, 1.54) is 0 Å². The molecule has 1 heterocycles. The van der Waals surface area contributed by atoms with Gasteiger partial charge < -0.3 is 0 Å². The van der Waals surface area contributed by atoms with Gasteiger partial charge in [-0.1, -0.05) is 25.1 Å². The summed E-state index contributed by atoms with van der Waals surface area (Å²) in [6.45, 7) is 3.95. The molecule has 0 aliphatic rings. The standard InChI is InChI=1S/C12H13BrN2O/c1-3-9-6-4-5-7-10(9)15-12(16)11(13)8(2)14-15/h4-7,14H,3H2,1-2H3. The van der Waals surface area contributed by atoms with Gasteiger partial charge in [-0.3, -0.25) is 9.89 Å². The number of aromatic amines is 1. The Balaban J connectivity index is 2.68. The van der Waals surface area contributed by atoms with Crippen molar-refractivity contribution >= 4 is 15.9 Å². The Morgan fingerprint density at radius 3 is 2.62 bits per heavy atom. The predicted molar refractivity (Wildman–Crippen MR) is 68.2 cm³/mol. The van der Waals surface area contributed by atoms with Crippen molar-refractivity contribution in [1.82, 2.24) is 9.78 Å². The largest absolute Gasteiger partial charge is 0.294 e. The molecule has 0 spiro atoms. The molecule has 0 saturated carbocycles. The fourth-order valence-corrected chi connectivity index (χ4v) is 1.99. The second-order valence-corrected chi connectivity index (χ2v) is 4.47. The highest BCUT2D eigenvalue weighted by atomic mass is 79.9. The van der Waals surface area contributed by atoms with Crippen molar-refractivity contribution in [2.75, 3.05) is 0 Å². The van der Waals surface area contributed by atoms with Crippen LogP contribution in [0.15, 0.2) is 33.5 Å². The van der Waals surface area contributed by atoms with E-state index in [2.05, 4.69) is 28.0 Å². The summed E-state index contributed by atoms with van der Waals surface area (Å²) in [7, 11) is 0. The number of halogens is 1. The summed E-state index contributed by atoms with van der Waals surface area (Å²) in [6.07, 6.45) is 0.901. The minimum atomic E-state index is -0.0431. The molecule has 0 aliphatic heterocycles. The van der Waals surface area contributed by atoms with Crippen LogP contribution in [0, 0.1) is 6.92 Å². The molecule has 0 amide bonds. The topological polar surface area (TPSA) is 37.8 Å². The summed E-state index contributed by atoms with van der Waals surface area (Å²) in [4.78, 5) is 11.9. The first-order chi connectivity index (χ1) is 7.65. The Morgan fingerprint density at radius 2 is 2.06 bits per heavy atom. The Labute approximate surface area is 102 Å². The summed E-state index contributed by atoms with van der Waals surface area (Å²) < 4.78 is 2.18. The van der Waals surface area contributed by atoms with Gasteiger partial charge in [0.15, 0.2) is 0 Å². The van der Waals surface area contributed by atoms with E-state index in [4.69, 9.17) is 0 Å². The molecular weight excluding hydrogens is 268 g/mol. The molecule has 1 aromatic heterocycles. The van der Waals surface area contributed by atoms with Gasteiger partial charge in [0, 0.05) is 5.69 Å². The molecule has 0 atom stereocenters. The summed E-state index contributed by atoms with van der Waals surface area (Å²) in [5.74, 6) is 0. The van der Waals surface area contributed by atoms with Gasteiger partial charge in [-0.05, 0) is 40.9 Å². The van der Waals surface area contributed by atoms with Crippen LogP contribution in [0.2, 0.25) is 0 Å². The lowest BCUT2D eigenvalue weighted by molar-refractivity contribution is 0.821. The van der Waals surface area contributed by atoms with Crippen molar-refractivity contribution in [2.24, 2.45) is 0 Å². The number of nitrogens with one attached hydrogen (secondary N) is 1. The van der Waals surface area contributed by atoms with Crippen molar-refractivity contribution in [3.63, 3.8) is 0 Å². The van der Waals surface area contributed by atoms with E-state index in [0.29, 0.717) is 4.47 Å². The third-order valence-corrected chi connectivity index (χ3v) is 3.55. The highest BCUT2D eigenvalue weighted by Crippen LogP contribution is 2.15. The van der Waals surface area contributed by atoms with Gasteiger partial charge in [0.05, 0.1) is 5.69 Å². The predicted octanol–water partition coefficient (Wildman–Crippen LogP) is 2.80. The van der Waals surface area contributed by atoms with E-state index < -0.39 is 0 Å². The molecule has 1 aromatic carbocycles. The minimum Gasteiger partial charge on any atom is -0.294 e. The normalized spacial score (nSPS) is 10.7. The van der Waals surface area contributed by atoms with Gasteiger partial charge in [-0.25, -0.2) is 4.68 Å². The third kappa shape index (κ3) is 1.73. The second-order valence-electron chi connectivity index (χ2n) is 3.67. The number of benzene rings is 1. The van der Waals surface area contributed by atoms with Crippen LogP contribution in [0.4, 0.5) is 0 Å². The van der Waals surface area contributed by atoms with Crippen molar-refractivity contribution in [1.29, 1.82) is 0 Å². The minimum absolute atomic E-state index is 0.0431.